The molecule has 0 aromatic carbocycles. The van der Waals surface area contributed by atoms with Crippen molar-refractivity contribution in [3.8, 4) is 0 Å². The highest BCUT2D eigenvalue weighted by Gasteiger charge is 2.21. The van der Waals surface area contributed by atoms with E-state index in [1.807, 2.05) is 0 Å². The van der Waals surface area contributed by atoms with Gasteiger partial charge in [-0.3, -0.25) is 9.69 Å². The van der Waals surface area contributed by atoms with Crippen LogP contribution in [0.25, 0.3) is 0 Å². The molecule has 2 aliphatic heterocycles. The van der Waals surface area contributed by atoms with Gasteiger partial charge in [0.25, 0.3) is 0 Å². The van der Waals surface area contributed by atoms with Crippen LogP contribution in [0.5, 0.6) is 0 Å². The SMILES string of the molecule is CN1CCC[C@@H]1CNC(=O)CN1CCCCCCC1. The summed E-state index contributed by atoms with van der Waals surface area (Å²) in [5.41, 5.74) is 0. The van der Waals surface area contributed by atoms with Gasteiger partial charge in [0.2, 0.25) is 5.91 Å². The van der Waals surface area contributed by atoms with Gasteiger partial charge in [-0.25, -0.2) is 0 Å². The van der Waals surface area contributed by atoms with Crippen molar-refractivity contribution in [2.75, 3.05) is 39.8 Å². The number of nitrogens with one attached hydrogen (secondary N) is 1. The first-order chi connectivity index (χ1) is 9.25. The van der Waals surface area contributed by atoms with Crippen LogP contribution in [-0.2, 0) is 4.79 Å². The van der Waals surface area contributed by atoms with Crippen LogP contribution in [0.4, 0.5) is 0 Å². The summed E-state index contributed by atoms with van der Waals surface area (Å²) < 4.78 is 0. The molecular formula is C15H29N3O. The second-order valence-corrected chi connectivity index (χ2v) is 6.12. The molecule has 0 unspecified atom stereocenters. The van der Waals surface area contributed by atoms with E-state index in [-0.39, 0.29) is 5.91 Å². The Labute approximate surface area is 117 Å². The van der Waals surface area contributed by atoms with E-state index < -0.39 is 0 Å². The Kier molecular flexibility index (Phi) is 6.11. The lowest BCUT2D eigenvalue weighted by atomic mass is 10.1. The van der Waals surface area contributed by atoms with Crippen molar-refractivity contribution in [1.29, 1.82) is 0 Å². The largest absolute Gasteiger partial charge is 0.353 e. The third-order valence-corrected chi connectivity index (χ3v) is 4.52. The quantitative estimate of drug-likeness (QED) is 0.838. The summed E-state index contributed by atoms with van der Waals surface area (Å²) in [5.74, 6) is 0.209. The summed E-state index contributed by atoms with van der Waals surface area (Å²) in [6.45, 7) is 4.78. The average molecular weight is 267 g/mol. The fourth-order valence-electron chi connectivity index (χ4n) is 3.20. The van der Waals surface area contributed by atoms with E-state index in [1.165, 1.54) is 51.5 Å². The van der Waals surface area contributed by atoms with E-state index in [0.717, 1.165) is 19.6 Å². The first kappa shape index (κ1) is 14.8. The van der Waals surface area contributed by atoms with Gasteiger partial charge < -0.3 is 10.2 Å². The molecule has 2 aliphatic rings. The lowest BCUT2D eigenvalue weighted by Gasteiger charge is -2.25. The monoisotopic (exact) mass is 267 g/mol. The van der Waals surface area contributed by atoms with Gasteiger partial charge in [0, 0.05) is 12.6 Å². The second kappa shape index (κ2) is 7.85. The molecule has 0 aliphatic carbocycles. The maximum atomic E-state index is 12.0. The Morgan fingerprint density at radius 2 is 1.74 bits per heavy atom. The van der Waals surface area contributed by atoms with Gasteiger partial charge in [-0.2, -0.15) is 0 Å². The zero-order chi connectivity index (χ0) is 13.5. The van der Waals surface area contributed by atoms with Gasteiger partial charge in [-0.15, -0.1) is 0 Å². The summed E-state index contributed by atoms with van der Waals surface area (Å²) >= 11 is 0. The summed E-state index contributed by atoms with van der Waals surface area (Å²) in [7, 11) is 2.15. The number of carbonyl (C=O) groups is 1. The van der Waals surface area contributed by atoms with E-state index in [2.05, 4.69) is 22.2 Å². The fourth-order valence-corrected chi connectivity index (χ4v) is 3.20. The van der Waals surface area contributed by atoms with E-state index in [1.54, 1.807) is 0 Å². The van der Waals surface area contributed by atoms with E-state index >= 15 is 0 Å². The molecule has 0 saturated carbocycles. The van der Waals surface area contributed by atoms with E-state index in [4.69, 9.17) is 0 Å². The summed E-state index contributed by atoms with van der Waals surface area (Å²) in [4.78, 5) is 16.7. The lowest BCUT2D eigenvalue weighted by Crippen LogP contribution is -2.43. The van der Waals surface area contributed by atoms with Crippen LogP contribution in [-0.4, -0.2) is 61.5 Å². The molecular weight excluding hydrogens is 238 g/mol. The minimum Gasteiger partial charge on any atom is -0.353 e. The molecule has 2 saturated heterocycles. The van der Waals surface area contributed by atoms with Crippen molar-refractivity contribution in [1.82, 2.24) is 15.1 Å². The molecule has 2 heterocycles. The Morgan fingerprint density at radius 1 is 1.05 bits per heavy atom. The number of amides is 1. The van der Waals surface area contributed by atoms with Crippen molar-refractivity contribution in [2.24, 2.45) is 0 Å². The number of likely N-dealkylation sites (N-methyl/N-ethyl adjacent to an activating group) is 1. The van der Waals surface area contributed by atoms with Crippen LogP contribution < -0.4 is 5.32 Å². The van der Waals surface area contributed by atoms with Crippen molar-refractivity contribution < 1.29 is 4.79 Å². The number of nitrogens with zero attached hydrogens (tertiary/aromatic N) is 2. The van der Waals surface area contributed by atoms with Crippen LogP contribution in [0, 0.1) is 0 Å². The fraction of sp³-hybridized carbons (Fsp3) is 0.933. The van der Waals surface area contributed by atoms with Crippen molar-refractivity contribution in [2.45, 2.75) is 51.0 Å². The molecule has 4 nitrogen and oxygen atoms in total. The molecule has 0 aromatic heterocycles. The summed E-state index contributed by atoms with van der Waals surface area (Å²) in [6, 6.07) is 0.552. The summed E-state index contributed by atoms with van der Waals surface area (Å²) in [6.07, 6.45) is 9.00. The second-order valence-electron chi connectivity index (χ2n) is 6.12. The van der Waals surface area contributed by atoms with Crippen molar-refractivity contribution in [3.63, 3.8) is 0 Å². The normalized spacial score (nSPS) is 26.9. The molecule has 1 atom stereocenters. The molecule has 1 amide bonds. The van der Waals surface area contributed by atoms with Gasteiger partial charge in [0.1, 0.15) is 0 Å². The Hall–Kier alpha value is -0.610. The molecule has 4 heteroatoms. The Morgan fingerprint density at radius 3 is 2.37 bits per heavy atom. The predicted octanol–water partition coefficient (Wildman–Crippen LogP) is 1.46. The topological polar surface area (TPSA) is 35.6 Å². The zero-order valence-electron chi connectivity index (χ0n) is 12.4. The lowest BCUT2D eigenvalue weighted by molar-refractivity contribution is -0.122. The van der Waals surface area contributed by atoms with Crippen LogP contribution >= 0.6 is 0 Å². The van der Waals surface area contributed by atoms with Crippen LogP contribution in [0.2, 0.25) is 0 Å². The van der Waals surface area contributed by atoms with E-state index in [0.29, 0.717) is 12.6 Å². The number of hydrogen-bond donors (Lipinski definition) is 1. The first-order valence-corrected chi connectivity index (χ1v) is 7.95. The molecule has 1 N–H and O–H groups in total. The van der Waals surface area contributed by atoms with Crippen LogP contribution in [0.3, 0.4) is 0 Å². The van der Waals surface area contributed by atoms with Gasteiger partial charge in [-0.1, -0.05) is 19.3 Å². The van der Waals surface area contributed by atoms with Crippen molar-refractivity contribution >= 4 is 5.91 Å². The molecule has 0 spiro atoms. The van der Waals surface area contributed by atoms with Crippen LogP contribution in [0.15, 0.2) is 0 Å². The maximum Gasteiger partial charge on any atom is 0.234 e. The van der Waals surface area contributed by atoms with Gasteiger partial charge >= 0.3 is 0 Å². The molecule has 0 aromatic rings. The van der Waals surface area contributed by atoms with Crippen LogP contribution in [0.1, 0.15) is 44.9 Å². The van der Waals surface area contributed by atoms with E-state index in [9.17, 15) is 4.79 Å². The molecule has 0 radical (unpaired) electrons. The highest BCUT2D eigenvalue weighted by Crippen LogP contribution is 2.13. The van der Waals surface area contributed by atoms with Crippen molar-refractivity contribution in [3.05, 3.63) is 0 Å². The third kappa shape index (κ3) is 5.11. The number of carbonyl (C=O) groups excluding carboxylic acids is 1. The highest BCUT2D eigenvalue weighted by atomic mass is 16.2. The Balaban J connectivity index is 1.65. The number of rotatable bonds is 4. The standard InChI is InChI=1S/C15H29N3O/c1-17-9-7-8-14(17)12-16-15(19)13-18-10-5-3-2-4-6-11-18/h14H,2-13H2,1H3,(H,16,19)/t14-/m1/s1. The zero-order valence-corrected chi connectivity index (χ0v) is 12.4. The molecule has 110 valence electrons. The van der Waals surface area contributed by atoms with Gasteiger partial charge in [0.05, 0.1) is 6.54 Å². The minimum absolute atomic E-state index is 0.209. The first-order valence-electron chi connectivity index (χ1n) is 7.95. The molecule has 2 rings (SSSR count). The molecule has 19 heavy (non-hydrogen) atoms. The average Bonchev–Trinajstić information content (AvgIpc) is 2.76. The highest BCUT2D eigenvalue weighted by molar-refractivity contribution is 5.78. The minimum atomic E-state index is 0.209. The number of likely N-dealkylation sites (tertiary alicyclic amines) is 2. The maximum absolute atomic E-state index is 12.0. The molecule has 2 fully saturated rings. The summed E-state index contributed by atoms with van der Waals surface area (Å²) in [5, 5.41) is 3.12. The predicted molar refractivity (Wildman–Crippen MR) is 78.2 cm³/mol. The third-order valence-electron chi connectivity index (χ3n) is 4.52. The smallest absolute Gasteiger partial charge is 0.234 e. The Bertz CT molecular complexity index is 275. The molecule has 0 bridgehead atoms. The number of hydrogen-bond acceptors (Lipinski definition) is 3. The van der Waals surface area contributed by atoms with Gasteiger partial charge in [-0.05, 0) is 52.4 Å². The van der Waals surface area contributed by atoms with Gasteiger partial charge in [0.15, 0.2) is 0 Å².